The Labute approximate surface area is 70.6 Å². The summed E-state index contributed by atoms with van der Waals surface area (Å²) >= 11 is 0. The van der Waals surface area contributed by atoms with Crippen molar-refractivity contribution in [1.29, 1.82) is 0 Å². The van der Waals surface area contributed by atoms with Crippen molar-refractivity contribution in [3.8, 4) is 12.3 Å². The van der Waals surface area contributed by atoms with Crippen molar-refractivity contribution in [1.82, 2.24) is 0 Å². The van der Waals surface area contributed by atoms with Crippen molar-refractivity contribution in [3.05, 3.63) is 11.6 Å². The quantitative estimate of drug-likeness (QED) is 0.464. The lowest BCUT2D eigenvalue weighted by Crippen LogP contribution is -2.25. The molecule has 0 saturated carbocycles. The maximum Gasteiger partial charge on any atom is 0.184 e. The first-order chi connectivity index (χ1) is 4.95. The summed E-state index contributed by atoms with van der Waals surface area (Å²) < 4.78 is 5.57. The molecular weight excluding hydrogens is 152 g/mol. The minimum Gasteiger partial charge on any atom is -0.414 e. The maximum absolute atomic E-state index is 5.57. The van der Waals surface area contributed by atoms with E-state index in [0.29, 0.717) is 6.61 Å². The zero-order valence-electron chi connectivity index (χ0n) is 7.77. The third kappa shape index (κ3) is 7.37. The SMILES string of the molecule is C#C/C(C)=C/CO[Si](C)(C)C. The molecule has 0 aliphatic carbocycles. The van der Waals surface area contributed by atoms with E-state index in [4.69, 9.17) is 10.8 Å². The van der Waals surface area contributed by atoms with Gasteiger partial charge in [0.1, 0.15) is 0 Å². The topological polar surface area (TPSA) is 9.23 Å². The van der Waals surface area contributed by atoms with Crippen LogP contribution in [0, 0.1) is 12.3 Å². The lowest BCUT2D eigenvalue weighted by atomic mass is 10.3. The van der Waals surface area contributed by atoms with E-state index in [-0.39, 0.29) is 0 Å². The second-order valence-electron chi connectivity index (χ2n) is 3.45. The highest BCUT2D eigenvalue weighted by atomic mass is 28.4. The van der Waals surface area contributed by atoms with Gasteiger partial charge in [0.2, 0.25) is 0 Å². The van der Waals surface area contributed by atoms with Crippen LogP contribution in [0.25, 0.3) is 0 Å². The van der Waals surface area contributed by atoms with Gasteiger partial charge in [-0.1, -0.05) is 5.92 Å². The average Bonchev–Trinajstić information content (AvgIpc) is 1.85. The molecule has 0 aromatic rings. The van der Waals surface area contributed by atoms with Crippen molar-refractivity contribution in [2.75, 3.05) is 6.61 Å². The summed E-state index contributed by atoms with van der Waals surface area (Å²) in [6.45, 7) is 9.05. The normalized spacial score (nSPS) is 12.8. The Morgan fingerprint density at radius 2 is 2.09 bits per heavy atom. The predicted molar refractivity (Wildman–Crippen MR) is 51.9 cm³/mol. The maximum atomic E-state index is 5.57. The summed E-state index contributed by atoms with van der Waals surface area (Å²) in [7, 11) is -1.35. The highest BCUT2D eigenvalue weighted by Gasteiger charge is 2.12. The molecule has 2 heteroatoms. The predicted octanol–water partition coefficient (Wildman–Crippen LogP) is 2.42. The molecule has 0 saturated heterocycles. The number of rotatable bonds is 3. The first-order valence-electron chi connectivity index (χ1n) is 3.73. The van der Waals surface area contributed by atoms with Gasteiger partial charge in [0.05, 0.1) is 6.61 Å². The number of allylic oxidation sites excluding steroid dienone is 1. The minimum atomic E-state index is -1.35. The molecule has 0 aromatic carbocycles. The minimum absolute atomic E-state index is 0.658. The van der Waals surface area contributed by atoms with Gasteiger partial charge in [0, 0.05) is 0 Å². The Hall–Kier alpha value is -0.523. The van der Waals surface area contributed by atoms with Crippen LogP contribution in [0.15, 0.2) is 11.6 Å². The van der Waals surface area contributed by atoms with Crippen LogP contribution in [-0.4, -0.2) is 14.9 Å². The second-order valence-corrected chi connectivity index (χ2v) is 7.97. The molecule has 0 unspecified atom stereocenters. The summed E-state index contributed by atoms with van der Waals surface area (Å²) in [5, 5.41) is 0. The first-order valence-corrected chi connectivity index (χ1v) is 7.14. The van der Waals surface area contributed by atoms with Crippen molar-refractivity contribution >= 4 is 8.32 Å². The van der Waals surface area contributed by atoms with Gasteiger partial charge in [0.15, 0.2) is 8.32 Å². The van der Waals surface area contributed by atoms with Crippen LogP contribution >= 0.6 is 0 Å². The lowest BCUT2D eigenvalue weighted by molar-refractivity contribution is 0.357. The molecule has 0 spiro atoms. The summed E-state index contributed by atoms with van der Waals surface area (Å²) in [6, 6.07) is 0. The van der Waals surface area contributed by atoms with Crippen LogP contribution in [0.1, 0.15) is 6.92 Å². The van der Waals surface area contributed by atoms with Crippen LogP contribution in [0.5, 0.6) is 0 Å². The summed E-state index contributed by atoms with van der Waals surface area (Å²) in [6.07, 6.45) is 7.10. The van der Waals surface area contributed by atoms with Gasteiger partial charge in [-0.25, -0.2) is 0 Å². The number of terminal acetylenes is 1. The van der Waals surface area contributed by atoms with Gasteiger partial charge in [0.25, 0.3) is 0 Å². The van der Waals surface area contributed by atoms with Gasteiger partial charge in [-0.2, -0.15) is 0 Å². The standard InChI is InChI=1S/C9H16OSi/c1-6-9(2)7-8-10-11(3,4)5/h1,7H,8H2,2-5H3/b9-7+. The fourth-order valence-corrected chi connectivity index (χ4v) is 1.06. The van der Waals surface area contributed by atoms with Gasteiger partial charge < -0.3 is 4.43 Å². The molecule has 0 rings (SSSR count). The molecule has 62 valence electrons. The number of hydrogen-bond donors (Lipinski definition) is 0. The van der Waals surface area contributed by atoms with Crippen LogP contribution in [-0.2, 0) is 4.43 Å². The molecule has 0 aliphatic rings. The molecule has 0 aromatic heterocycles. The van der Waals surface area contributed by atoms with Crippen molar-refractivity contribution in [2.45, 2.75) is 26.6 Å². The van der Waals surface area contributed by atoms with Crippen LogP contribution in [0.2, 0.25) is 19.6 Å². The Morgan fingerprint density at radius 3 is 2.45 bits per heavy atom. The van der Waals surface area contributed by atoms with E-state index in [1.807, 2.05) is 13.0 Å². The average molecular weight is 168 g/mol. The largest absolute Gasteiger partial charge is 0.414 e. The Bertz CT molecular complexity index is 181. The van der Waals surface area contributed by atoms with Crippen molar-refractivity contribution < 1.29 is 4.43 Å². The van der Waals surface area contributed by atoms with Gasteiger partial charge in [-0.05, 0) is 38.2 Å². The summed E-state index contributed by atoms with van der Waals surface area (Å²) in [5.41, 5.74) is 0.947. The summed E-state index contributed by atoms with van der Waals surface area (Å²) in [4.78, 5) is 0. The van der Waals surface area contributed by atoms with E-state index in [9.17, 15) is 0 Å². The highest BCUT2D eigenvalue weighted by molar-refractivity contribution is 6.69. The molecule has 11 heavy (non-hydrogen) atoms. The summed E-state index contributed by atoms with van der Waals surface area (Å²) in [5.74, 6) is 2.55. The van der Waals surface area contributed by atoms with Crippen molar-refractivity contribution in [2.24, 2.45) is 0 Å². The van der Waals surface area contributed by atoms with Gasteiger partial charge in [-0.15, -0.1) is 6.42 Å². The molecule has 1 nitrogen and oxygen atoms in total. The molecule has 0 fully saturated rings. The first kappa shape index (κ1) is 10.5. The molecule has 0 atom stereocenters. The molecule has 0 heterocycles. The van der Waals surface area contributed by atoms with E-state index in [2.05, 4.69) is 25.6 Å². The molecular formula is C9H16OSi. The molecule has 0 radical (unpaired) electrons. The monoisotopic (exact) mass is 168 g/mol. The third-order valence-corrected chi connectivity index (χ3v) is 2.17. The van der Waals surface area contributed by atoms with Crippen molar-refractivity contribution in [3.63, 3.8) is 0 Å². The molecule has 0 amide bonds. The van der Waals surface area contributed by atoms with Gasteiger partial charge in [-0.3, -0.25) is 0 Å². The van der Waals surface area contributed by atoms with E-state index in [1.165, 1.54) is 0 Å². The zero-order chi connectivity index (χ0) is 8.91. The second kappa shape index (κ2) is 4.37. The Morgan fingerprint density at radius 1 is 1.55 bits per heavy atom. The highest BCUT2D eigenvalue weighted by Crippen LogP contribution is 2.02. The van der Waals surface area contributed by atoms with Crippen LogP contribution in [0.3, 0.4) is 0 Å². The third-order valence-electron chi connectivity index (χ3n) is 1.13. The van der Waals surface area contributed by atoms with Gasteiger partial charge >= 0.3 is 0 Å². The van der Waals surface area contributed by atoms with E-state index >= 15 is 0 Å². The fraction of sp³-hybridized carbons (Fsp3) is 0.556. The molecule has 0 N–H and O–H groups in total. The number of hydrogen-bond acceptors (Lipinski definition) is 1. The lowest BCUT2D eigenvalue weighted by Gasteiger charge is -2.15. The van der Waals surface area contributed by atoms with E-state index < -0.39 is 8.32 Å². The fourth-order valence-electron chi connectivity index (χ4n) is 0.476. The van der Waals surface area contributed by atoms with E-state index in [1.54, 1.807) is 0 Å². The Kier molecular flexibility index (Phi) is 4.17. The van der Waals surface area contributed by atoms with E-state index in [0.717, 1.165) is 5.57 Å². The molecule has 0 aliphatic heterocycles. The zero-order valence-corrected chi connectivity index (χ0v) is 8.77. The van der Waals surface area contributed by atoms with Crippen LogP contribution in [0.4, 0.5) is 0 Å². The smallest absolute Gasteiger partial charge is 0.184 e. The molecule has 0 bridgehead atoms. The Balaban J connectivity index is 3.68. The van der Waals surface area contributed by atoms with Crippen LogP contribution < -0.4 is 0 Å².